The Hall–Kier alpha value is -2.52. The van der Waals surface area contributed by atoms with E-state index in [-0.39, 0.29) is 11.9 Å². The molecule has 1 aliphatic carbocycles. The van der Waals surface area contributed by atoms with E-state index in [1.165, 1.54) is 0 Å². The van der Waals surface area contributed by atoms with E-state index in [2.05, 4.69) is 19.9 Å². The molecular formula is C20H28N6O3. The number of amides is 1. The minimum absolute atomic E-state index is 0.0685. The molecule has 0 radical (unpaired) electrons. The van der Waals surface area contributed by atoms with E-state index in [4.69, 9.17) is 4.74 Å². The predicted octanol–water partition coefficient (Wildman–Crippen LogP) is 1.25. The first kappa shape index (κ1) is 19.8. The number of nitrogens with zero attached hydrogens (tertiary/aromatic N) is 6. The third kappa shape index (κ3) is 4.25. The Balaban J connectivity index is 1.26. The normalized spacial score (nSPS) is 22.5. The Labute approximate surface area is 171 Å². The lowest BCUT2D eigenvalue weighted by Crippen LogP contribution is -2.49. The Bertz CT molecular complexity index is 807. The van der Waals surface area contributed by atoms with Crippen molar-refractivity contribution in [1.29, 1.82) is 0 Å². The van der Waals surface area contributed by atoms with Crippen LogP contribution in [0.3, 0.4) is 0 Å². The van der Waals surface area contributed by atoms with E-state index in [9.17, 15) is 9.59 Å². The van der Waals surface area contributed by atoms with Crippen molar-refractivity contribution in [1.82, 2.24) is 19.8 Å². The monoisotopic (exact) mass is 400 g/mol. The van der Waals surface area contributed by atoms with Gasteiger partial charge in [-0.2, -0.15) is 5.01 Å². The van der Waals surface area contributed by atoms with Crippen LogP contribution in [0.1, 0.15) is 26.7 Å². The van der Waals surface area contributed by atoms with Crippen LogP contribution in [0.4, 0.5) is 4.79 Å². The number of aliphatic imine (C=N–C) groups is 2. The molecule has 0 N–H and O–H groups in total. The van der Waals surface area contributed by atoms with Crippen LogP contribution in [-0.4, -0.2) is 95.9 Å². The first-order valence-corrected chi connectivity index (χ1v) is 10.3. The lowest BCUT2D eigenvalue weighted by atomic mass is 9.93. The number of carbonyl (C=O) groups excluding carboxylic acids is 2. The van der Waals surface area contributed by atoms with E-state index < -0.39 is 0 Å². The predicted molar refractivity (Wildman–Crippen MR) is 109 cm³/mol. The number of carbonyl (C=O) groups is 2. The van der Waals surface area contributed by atoms with Gasteiger partial charge in [0.05, 0.1) is 6.61 Å². The highest BCUT2D eigenvalue weighted by atomic mass is 16.6. The van der Waals surface area contributed by atoms with Gasteiger partial charge in [-0.15, -0.1) is 0 Å². The zero-order valence-corrected chi connectivity index (χ0v) is 17.1. The molecule has 4 aliphatic rings. The molecule has 29 heavy (non-hydrogen) atoms. The topological polar surface area (TPSA) is 81.0 Å². The number of hydrazine groups is 1. The number of allylic oxidation sites excluding steroid dienone is 3. The summed E-state index contributed by atoms with van der Waals surface area (Å²) in [7, 11) is 0. The molecule has 0 aromatic heterocycles. The number of hydrogen-bond donors (Lipinski definition) is 0. The largest absolute Gasteiger partial charge is 0.450 e. The van der Waals surface area contributed by atoms with E-state index in [0.29, 0.717) is 44.5 Å². The highest BCUT2D eigenvalue weighted by Gasteiger charge is 2.32. The quantitative estimate of drug-likeness (QED) is 0.691. The highest BCUT2D eigenvalue weighted by Crippen LogP contribution is 2.25. The average molecular weight is 400 g/mol. The maximum absolute atomic E-state index is 12.2. The number of Topliss-reactive ketones (excluding diaryl/α,β-unsaturated/α-hetero) is 1. The fraction of sp³-hybridized carbons (Fsp3) is 0.600. The van der Waals surface area contributed by atoms with E-state index in [1.807, 2.05) is 31.1 Å². The summed E-state index contributed by atoms with van der Waals surface area (Å²) in [4.78, 5) is 37.1. The minimum atomic E-state index is -0.211. The van der Waals surface area contributed by atoms with Crippen LogP contribution in [0.25, 0.3) is 0 Å². The summed E-state index contributed by atoms with van der Waals surface area (Å²) in [5.74, 6) is 0.673. The van der Waals surface area contributed by atoms with Crippen molar-refractivity contribution < 1.29 is 14.3 Å². The van der Waals surface area contributed by atoms with Gasteiger partial charge in [0.25, 0.3) is 0 Å². The first-order valence-electron chi connectivity index (χ1n) is 10.3. The van der Waals surface area contributed by atoms with Crippen molar-refractivity contribution in [2.75, 3.05) is 52.5 Å². The molecule has 156 valence electrons. The van der Waals surface area contributed by atoms with Gasteiger partial charge in [-0.25, -0.2) is 19.8 Å². The van der Waals surface area contributed by atoms with Crippen molar-refractivity contribution >= 4 is 23.5 Å². The molecule has 3 heterocycles. The molecule has 0 unspecified atom stereocenters. The number of ketones is 1. The van der Waals surface area contributed by atoms with Crippen LogP contribution >= 0.6 is 0 Å². The van der Waals surface area contributed by atoms with Crippen molar-refractivity contribution in [2.24, 2.45) is 9.98 Å². The fourth-order valence-corrected chi connectivity index (χ4v) is 4.00. The molecular weight excluding hydrogens is 372 g/mol. The summed E-state index contributed by atoms with van der Waals surface area (Å²) in [5.41, 5.74) is 2.47. The summed E-state index contributed by atoms with van der Waals surface area (Å²) < 4.78 is 5.07. The maximum Gasteiger partial charge on any atom is 0.409 e. The van der Waals surface area contributed by atoms with Crippen LogP contribution < -0.4 is 0 Å². The highest BCUT2D eigenvalue weighted by molar-refractivity contribution is 6.49. The molecule has 9 nitrogen and oxygen atoms in total. The molecule has 0 saturated carbocycles. The summed E-state index contributed by atoms with van der Waals surface area (Å²) in [6.45, 7) is 9.77. The SMILES string of the molecule is CCOC(=O)N1CCN(CCCN2CN=C3N=C4C(=O)CC(C)=CC4=CN32)CC1. The van der Waals surface area contributed by atoms with Gasteiger partial charge in [-0.3, -0.25) is 9.69 Å². The van der Waals surface area contributed by atoms with Crippen molar-refractivity contribution in [3.8, 4) is 0 Å². The number of rotatable bonds is 5. The molecule has 3 aliphatic heterocycles. The lowest BCUT2D eigenvalue weighted by Gasteiger charge is -2.35. The molecule has 0 aromatic carbocycles. The third-order valence-corrected chi connectivity index (χ3v) is 5.53. The van der Waals surface area contributed by atoms with E-state index in [1.54, 1.807) is 4.90 Å². The summed E-state index contributed by atoms with van der Waals surface area (Å²) >= 11 is 0. The van der Waals surface area contributed by atoms with Gasteiger partial charge in [-0.05, 0) is 26.8 Å². The molecule has 1 saturated heterocycles. The number of guanidine groups is 1. The van der Waals surface area contributed by atoms with E-state index in [0.717, 1.165) is 43.7 Å². The van der Waals surface area contributed by atoms with Crippen LogP contribution in [0, 0.1) is 0 Å². The van der Waals surface area contributed by atoms with Crippen molar-refractivity contribution in [3.05, 3.63) is 23.4 Å². The van der Waals surface area contributed by atoms with Crippen LogP contribution in [0.2, 0.25) is 0 Å². The fourth-order valence-electron chi connectivity index (χ4n) is 4.00. The van der Waals surface area contributed by atoms with Gasteiger partial charge in [0.1, 0.15) is 12.4 Å². The van der Waals surface area contributed by atoms with Crippen LogP contribution in [0.15, 0.2) is 33.4 Å². The molecule has 0 aromatic rings. The van der Waals surface area contributed by atoms with Gasteiger partial charge in [0, 0.05) is 50.9 Å². The van der Waals surface area contributed by atoms with Gasteiger partial charge >= 0.3 is 6.09 Å². The zero-order valence-electron chi connectivity index (χ0n) is 17.1. The summed E-state index contributed by atoms with van der Waals surface area (Å²) in [6.07, 6.45) is 5.24. The second kappa shape index (κ2) is 8.46. The van der Waals surface area contributed by atoms with Crippen LogP contribution in [0.5, 0.6) is 0 Å². The standard InChI is InChI=1S/C20H28N6O3/c1-3-29-20(28)24-9-7-23(8-10-24)5-4-6-25-14-21-19-22-18-16(13-26(19)25)11-15(2)12-17(18)27/h11,13H,3-10,12,14H2,1-2H3. The smallest absolute Gasteiger partial charge is 0.409 e. The molecule has 1 amide bonds. The molecule has 9 heteroatoms. The van der Waals surface area contributed by atoms with Crippen molar-refractivity contribution in [3.63, 3.8) is 0 Å². The second-order valence-corrected chi connectivity index (χ2v) is 7.69. The summed E-state index contributed by atoms with van der Waals surface area (Å²) in [6, 6.07) is 0. The maximum atomic E-state index is 12.2. The zero-order chi connectivity index (χ0) is 20.4. The third-order valence-electron chi connectivity index (χ3n) is 5.53. The number of hydrogen-bond acceptors (Lipinski definition) is 8. The molecule has 1 fully saturated rings. The average Bonchev–Trinajstić information content (AvgIpc) is 3.09. The molecule has 0 bridgehead atoms. The Morgan fingerprint density at radius 1 is 1.21 bits per heavy atom. The summed E-state index contributed by atoms with van der Waals surface area (Å²) in [5, 5.41) is 4.12. The Morgan fingerprint density at radius 2 is 2.00 bits per heavy atom. The van der Waals surface area contributed by atoms with Gasteiger partial charge < -0.3 is 9.64 Å². The van der Waals surface area contributed by atoms with Gasteiger partial charge in [-0.1, -0.05) is 11.6 Å². The molecule has 0 spiro atoms. The number of ether oxygens (including phenoxy) is 1. The number of piperazine rings is 1. The number of fused-ring (bicyclic) bond motifs is 2. The van der Waals surface area contributed by atoms with Gasteiger partial charge in [0.15, 0.2) is 5.78 Å². The molecule has 0 atom stereocenters. The lowest BCUT2D eigenvalue weighted by molar-refractivity contribution is -0.112. The Kier molecular flexibility index (Phi) is 5.77. The van der Waals surface area contributed by atoms with Crippen molar-refractivity contribution in [2.45, 2.75) is 26.7 Å². The minimum Gasteiger partial charge on any atom is -0.450 e. The second-order valence-electron chi connectivity index (χ2n) is 7.69. The van der Waals surface area contributed by atoms with E-state index >= 15 is 0 Å². The van der Waals surface area contributed by atoms with Crippen LogP contribution in [-0.2, 0) is 9.53 Å². The van der Waals surface area contributed by atoms with Gasteiger partial charge in [0.2, 0.25) is 5.96 Å². The first-order chi connectivity index (χ1) is 14.0. The molecule has 4 rings (SSSR count). The Morgan fingerprint density at radius 3 is 2.76 bits per heavy atom.